The number of carboxylic acid groups (broad SMARTS) is 1. The van der Waals surface area contributed by atoms with Crippen LogP contribution < -0.4 is 0 Å². The number of carbonyl (C=O) groups is 3. The third kappa shape index (κ3) is 4.81. The number of hydrogen-bond acceptors (Lipinski definition) is 4. The van der Waals surface area contributed by atoms with E-state index >= 15 is 0 Å². The molecular weight excluding hydrogens is 212 g/mol. The van der Waals surface area contributed by atoms with Gasteiger partial charge in [0.15, 0.2) is 0 Å². The lowest BCUT2D eigenvalue weighted by Crippen LogP contribution is -2.27. The van der Waals surface area contributed by atoms with Crippen LogP contribution >= 0.6 is 11.6 Å². The number of ketones is 1. The highest BCUT2D eigenvalue weighted by atomic mass is 35.5. The van der Waals surface area contributed by atoms with Gasteiger partial charge in [0.25, 0.3) is 0 Å². The largest absolute Gasteiger partial charge is 0.481 e. The molecule has 0 heterocycles. The maximum atomic E-state index is 11.1. The molecule has 0 spiro atoms. The molecule has 1 N–H and O–H groups in total. The van der Waals surface area contributed by atoms with Crippen molar-refractivity contribution < 1.29 is 24.2 Å². The van der Waals surface area contributed by atoms with Crippen LogP contribution in [0, 0.1) is 5.92 Å². The summed E-state index contributed by atoms with van der Waals surface area (Å²) in [5, 5.41) is 8.42. The zero-order chi connectivity index (χ0) is 11.1. The Bertz CT molecular complexity index is 238. The lowest BCUT2D eigenvalue weighted by molar-refractivity contribution is -0.155. The summed E-state index contributed by atoms with van der Waals surface area (Å²) in [6.45, 7) is 1.12. The van der Waals surface area contributed by atoms with Gasteiger partial charge in [0.05, 0.1) is 12.3 Å². The highest BCUT2D eigenvalue weighted by molar-refractivity contribution is 6.18. The summed E-state index contributed by atoms with van der Waals surface area (Å²) in [5.74, 6) is -3.68. The molecule has 6 heteroatoms. The molecule has 0 saturated carbocycles. The molecule has 0 amide bonds. The Hall–Kier alpha value is -1.10. The van der Waals surface area contributed by atoms with Gasteiger partial charge in [0, 0.05) is 0 Å². The molecule has 1 unspecified atom stereocenters. The fourth-order valence-electron chi connectivity index (χ4n) is 0.807. The topological polar surface area (TPSA) is 80.7 Å². The zero-order valence-electron chi connectivity index (χ0n) is 7.66. The fourth-order valence-corrected chi connectivity index (χ4v) is 0.885. The number of hydrogen-bond donors (Lipinski definition) is 1. The van der Waals surface area contributed by atoms with Crippen molar-refractivity contribution in [1.29, 1.82) is 0 Å². The van der Waals surface area contributed by atoms with Crippen LogP contribution in [0.1, 0.15) is 13.3 Å². The average Bonchev–Trinajstić information content (AvgIpc) is 2.09. The summed E-state index contributed by atoms with van der Waals surface area (Å²) in [4.78, 5) is 32.3. The van der Waals surface area contributed by atoms with E-state index in [-0.39, 0.29) is 12.5 Å². The van der Waals surface area contributed by atoms with E-state index in [1.54, 1.807) is 0 Å². The molecule has 5 nitrogen and oxygen atoms in total. The second-order valence-electron chi connectivity index (χ2n) is 2.62. The van der Waals surface area contributed by atoms with Crippen LogP contribution in [0.4, 0.5) is 0 Å². The van der Waals surface area contributed by atoms with Crippen molar-refractivity contribution >= 4 is 29.3 Å². The predicted octanol–water partition coefficient (Wildman–Crippen LogP) is 0.448. The average molecular weight is 223 g/mol. The third-order valence-electron chi connectivity index (χ3n) is 1.48. The first-order valence-electron chi connectivity index (χ1n) is 3.94. The molecule has 0 radical (unpaired) electrons. The van der Waals surface area contributed by atoms with E-state index in [1.807, 2.05) is 0 Å². The van der Waals surface area contributed by atoms with Crippen molar-refractivity contribution in [2.45, 2.75) is 13.3 Å². The molecule has 0 aromatic heterocycles. The molecule has 0 aromatic carbocycles. The zero-order valence-corrected chi connectivity index (χ0v) is 8.41. The van der Waals surface area contributed by atoms with Crippen molar-refractivity contribution in [3.8, 4) is 0 Å². The van der Waals surface area contributed by atoms with Crippen LogP contribution in [-0.2, 0) is 19.1 Å². The second-order valence-corrected chi connectivity index (χ2v) is 3.00. The standard InChI is InChI=1S/C8H11ClO5/c1-5(10)6(4-7(11)12)8(13)14-3-2-9/h6H,2-4H2,1H3,(H,11,12). The summed E-state index contributed by atoms with van der Waals surface area (Å²) < 4.78 is 4.56. The first-order chi connectivity index (χ1) is 6.49. The molecule has 80 valence electrons. The van der Waals surface area contributed by atoms with Gasteiger partial charge in [0.1, 0.15) is 18.3 Å². The Morgan fingerprint density at radius 3 is 2.36 bits per heavy atom. The summed E-state index contributed by atoms with van der Waals surface area (Å²) in [6.07, 6.45) is -0.545. The van der Waals surface area contributed by atoms with Crippen molar-refractivity contribution in [2.24, 2.45) is 5.92 Å². The van der Waals surface area contributed by atoms with Crippen LogP contribution in [0.5, 0.6) is 0 Å². The molecule has 0 aliphatic heterocycles. The number of carbonyl (C=O) groups excluding carboxylic acids is 2. The van der Waals surface area contributed by atoms with Gasteiger partial charge in [-0.25, -0.2) is 0 Å². The third-order valence-corrected chi connectivity index (χ3v) is 1.63. The van der Waals surface area contributed by atoms with Gasteiger partial charge in [-0.2, -0.15) is 0 Å². The predicted molar refractivity (Wildman–Crippen MR) is 48.1 cm³/mol. The maximum Gasteiger partial charge on any atom is 0.317 e. The van der Waals surface area contributed by atoms with Crippen LogP contribution in [0.15, 0.2) is 0 Å². The van der Waals surface area contributed by atoms with Crippen LogP contribution in [0.3, 0.4) is 0 Å². The van der Waals surface area contributed by atoms with E-state index < -0.39 is 30.1 Å². The molecule has 0 aromatic rings. The summed E-state index contributed by atoms with van der Waals surface area (Å²) in [6, 6.07) is 0. The molecule has 14 heavy (non-hydrogen) atoms. The molecule has 0 fully saturated rings. The second kappa shape index (κ2) is 6.37. The maximum absolute atomic E-state index is 11.1. The van der Waals surface area contributed by atoms with Gasteiger partial charge < -0.3 is 9.84 Å². The minimum atomic E-state index is -1.23. The van der Waals surface area contributed by atoms with E-state index in [2.05, 4.69) is 4.74 Å². The summed E-state index contributed by atoms with van der Waals surface area (Å²) in [5.41, 5.74) is 0. The molecule has 0 rings (SSSR count). The van der Waals surface area contributed by atoms with Gasteiger partial charge in [-0.1, -0.05) is 0 Å². The number of carboxylic acids is 1. The minimum absolute atomic E-state index is 0.0240. The normalized spacial score (nSPS) is 11.9. The van der Waals surface area contributed by atoms with E-state index in [1.165, 1.54) is 0 Å². The number of esters is 1. The lowest BCUT2D eigenvalue weighted by Gasteiger charge is -2.09. The van der Waals surface area contributed by atoms with Gasteiger partial charge in [-0.3, -0.25) is 14.4 Å². The van der Waals surface area contributed by atoms with E-state index in [4.69, 9.17) is 16.7 Å². The molecule has 0 saturated heterocycles. The Morgan fingerprint density at radius 1 is 1.43 bits per heavy atom. The SMILES string of the molecule is CC(=O)C(CC(=O)O)C(=O)OCCCl. The van der Waals surface area contributed by atoms with Gasteiger partial charge >= 0.3 is 11.9 Å². The van der Waals surface area contributed by atoms with E-state index in [0.717, 1.165) is 6.92 Å². The van der Waals surface area contributed by atoms with Crippen LogP contribution in [0.25, 0.3) is 0 Å². The van der Waals surface area contributed by atoms with Crippen molar-refractivity contribution in [3.63, 3.8) is 0 Å². The highest BCUT2D eigenvalue weighted by Crippen LogP contribution is 2.07. The fraction of sp³-hybridized carbons (Fsp3) is 0.625. The monoisotopic (exact) mass is 222 g/mol. The van der Waals surface area contributed by atoms with Crippen LogP contribution in [-0.4, -0.2) is 35.3 Å². The number of Topliss-reactive ketones (excluding diaryl/α,β-unsaturated/α-hetero) is 1. The quantitative estimate of drug-likeness (QED) is 0.401. The molecule has 0 bridgehead atoms. The Morgan fingerprint density at radius 2 is 2.00 bits per heavy atom. The van der Waals surface area contributed by atoms with Gasteiger partial charge in [-0.05, 0) is 6.92 Å². The first kappa shape index (κ1) is 12.9. The van der Waals surface area contributed by atoms with E-state index in [0.29, 0.717) is 0 Å². The number of halogens is 1. The minimum Gasteiger partial charge on any atom is -0.481 e. The van der Waals surface area contributed by atoms with Crippen molar-refractivity contribution in [3.05, 3.63) is 0 Å². The Kier molecular flexibility index (Phi) is 5.87. The van der Waals surface area contributed by atoms with Gasteiger partial charge in [-0.15, -0.1) is 11.6 Å². The first-order valence-corrected chi connectivity index (χ1v) is 4.47. The van der Waals surface area contributed by atoms with Crippen molar-refractivity contribution in [2.75, 3.05) is 12.5 Å². The highest BCUT2D eigenvalue weighted by Gasteiger charge is 2.27. The molecule has 0 aliphatic carbocycles. The number of rotatable bonds is 6. The van der Waals surface area contributed by atoms with Crippen LogP contribution in [0.2, 0.25) is 0 Å². The van der Waals surface area contributed by atoms with E-state index in [9.17, 15) is 14.4 Å². The van der Waals surface area contributed by atoms with Gasteiger partial charge in [0.2, 0.25) is 0 Å². The molecule has 0 aliphatic rings. The Balaban J connectivity index is 4.26. The molecule has 1 atom stereocenters. The Labute approximate surface area is 86.0 Å². The summed E-state index contributed by atoms with van der Waals surface area (Å²) in [7, 11) is 0. The van der Waals surface area contributed by atoms with Crippen molar-refractivity contribution in [1.82, 2.24) is 0 Å². The number of alkyl halides is 1. The smallest absolute Gasteiger partial charge is 0.317 e. The summed E-state index contributed by atoms with van der Waals surface area (Å²) >= 11 is 5.26. The number of aliphatic carboxylic acids is 1. The number of ether oxygens (including phenoxy) is 1. The lowest BCUT2D eigenvalue weighted by atomic mass is 10.0. The molecular formula is C8H11ClO5.